The lowest BCUT2D eigenvalue weighted by Gasteiger charge is -2.20. The Morgan fingerprint density at radius 3 is 2.76 bits per heavy atom. The molecule has 1 atom stereocenters. The molecule has 5 rings (SSSR count). The molecular formula is C29H29F2N3O3. The number of aryl methyl sites for hydroxylation is 1. The molecule has 2 aromatic carbocycles. The molecule has 0 radical (unpaired) electrons. The molecule has 0 aliphatic carbocycles. The summed E-state index contributed by atoms with van der Waals surface area (Å²) in [4.78, 5) is 17.1. The van der Waals surface area contributed by atoms with Gasteiger partial charge in [0, 0.05) is 41.8 Å². The van der Waals surface area contributed by atoms with E-state index in [1.807, 2.05) is 41.1 Å². The van der Waals surface area contributed by atoms with E-state index in [1.54, 1.807) is 6.92 Å². The average molecular weight is 506 g/mol. The van der Waals surface area contributed by atoms with E-state index in [-0.39, 0.29) is 13.0 Å². The van der Waals surface area contributed by atoms with Crippen LogP contribution in [0.1, 0.15) is 42.8 Å². The first-order chi connectivity index (χ1) is 18.0. The number of rotatable bonds is 9. The fourth-order valence-corrected chi connectivity index (χ4v) is 4.82. The number of halogens is 2. The van der Waals surface area contributed by atoms with Gasteiger partial charge in [0.1, 0.15) is 17.4 Å². The van der Waals surface area contributed by atoms with Crippen molar-refractivity contribution in [1.82, 2.24) is 9.55 Å². The summed E-state index contributed by atoms with van der Waals surface area (Å²) in [5.74, 6) is -1.12. The predicted molar refractivity (Wildman–Crippen MR) is 138 cm³/mol. The number of aromatic nitrogens is 2. The molecule has 2 aromatic heterocycles. The highest BCUT2D eigenvalue weighted by molar-refractivity contribution is 5.82. The van der Waals surface area contributed by atoms with Gasteiger partial charge < -0.3 is 19.4 Å². The van der Waals surface area contributed by atoms with Gasteiger partial charge in [-0.1, -0.05) is 0 Å². The van der Waals surface area contributed by atoms with Crippen molar-refractivity contribution < 1.29 is 23.0 Å². The van der Waals surface area contributed by atoms with Crippen molar-refractivity contribution in [3.63, 3.8) is 0 Å². The minimum atomic E-state index is -0.694. The van der Waals surface area contributed by atoms with Crippen LogP contribution in [-0.4, -0.2) is 35.3 Å². The molecule has 3 heterocycles. The smallest absolute Gasteiger partial charge is 0.308 e. The molecule has 6 nitrogen and oxygen atoms in total. The van der Waals surface area contributed by atoms with Gasteiger partial charge in [0.15, 0.2) is 0 Å². The van der Waals surface area contributed by atoms with E-state index in [9.17, 15) is 13.6 Å². The third-order valence-corrected chi connectivity index (χ3v) is 6.53. The first kappa shape index (κ1) is 24.7. The zero-order chi connectivity index (χ0) is 25.8. The van der Waals surface area contributed by atoms with Gasteiger partial charge >= 0.3 is 5.97 Å². The number of benzene rings is 2. The maximum Gasteiger partial charge on any atom is 0.308 e. The first-order valence-corrected chi connectivity index (χ1v) is 12.6. The van der Waals surface area contributed by atoms with Gasteiger partial charge in [-0.25, -0.2) is 8.78 Å². The number of esters is 1. The van der Waals surface area contributed by atoms with E-state index < -0.39 is 23.6 Å². The standard InChI is InChI=1S/C29H29F2N3O3/c1-2-36-29(35)18-28(20-14-21(30)17-22(31)15-20)34-12-9-19-16-24(6-8-27(19)34)37-13-10-23-5-7-25-26(33-23)4-3-11-32-25/h5-9,12,14-17,28,32H,2-4,10-11,13,18H2,1H3. The lowest BCUT2D eigenvalue weighted by molar-refractivity contribution is -0.143. The van der Waals surface area contributed by atoms with Crippen LogP contribution in [-0.2, 0) is 22.4 Å². The van der Waals surface area contributed by atoms with Crippen LogP contribution in [0.4, 0.5) is 14.5 Å². The van der Waals surface area contributed by atoms with Crippen LogP contribution < -0.4 is 10.1 Å². The zero-order valence-corrected chi connectivity index (χ0v) is 20.7. The monoisotopic (exact) mass is 505 g/mol. The van der Waals surface area contributed by atoms with E-state index in [0.29, 0.717) is 24.3 Å². The molecule has 1 N–H and O–H groups in total. The third-order valence-electron chi connectivity index (χ3n) is 6.53. The number of nitrogens with zero attached hydrogens (tertiary/aromatic N) is 2. The Kier molecular flexibility index (Phi) is 7.35. The van der Waals surface area contributed by atoms with E-state index in [4.69, 9.17) is 14.5 Å². The zero-order valence-electron chi connectivity index (χ0n) is 20.7. The summed E-state index contributed by atoms with van der Waals surface area (Å²) in [6, 6.07) is 14.4. The third kappa shape index (κ3) is 5.74. The van der Waals surface area contributed by atoms with Crippen LogP contribution in [0.3, 0.4) is 0 Å². The van der Waals surface area contributed by atoms with Crippen LogP contribution >= 0.6 is 0 Å². The van der Waals surface area contributed by atoms with Gasteiger partial charge in [0.2, 0.25) is 0 Å². The van der Waals surface area contributed by atoms with Crippen molar-refractivity contribution in [2.24, 2.45) is 0 Å². The van der Waals surface area contributed by atoms with Crippen molar-refractivity contribution in [1.29, 1.82) is 0 Å². The lowest BCUT2D eigenvalue weighted by atomic mass is 10.0. The maximum absolute atomic E-state index is 14.0. The van der Waals surface area contributed by atoms with E-state index >= 15 is 0 Å². The van der Waals surface area contributed by atoms with Crippen molar-refractivity contribution in [3.05, 3.63) is 89.4 Å². The van der Waals surface area contributed by atoms with E-state index in [0.717, 1.165) is 53.4 Å². The topological polar surface area (TPSA) is 65.4 Å². The second-order valence-corrected chi connectivity index (χ2v) is 9.10. The second kappa shape index (κ2) is 11.0. The van der Waals surface area contributed by atoms with Gasteiger partial charge in [0.05, 0.1) is 37.1 Å². The lowest BCUT2D eigenvalue weighted by Crippen LogP contribution is -2.17. The highest BCUT2D eigenvalue weighted by atomic mass is 19.1. The van der Waals surface area contributed by atoms with Crippen molar-refractivity contribution in [3.8, 4) is 5.75 Å². The number of anilines is 1. The predicted octanol–water partition coefficient (Wildman–Crippen LogP) is 5.84. The highest BCUT2D eigenvalue weighted by Crippen LogP contribution is 2.31. The van der Waals surface area contributed by atoms with Crippen LogP contribution in [0.5, 0.6) is 5.75 Å². The Morgan fingerprint density at radius 1 is 1.11 bits per heavy atom. The Bertz CT molecular complexity index is 1400. The summed E-state index contributed by atoms with van der Waals surface area (Å²) < 4.78 is 41.0. The fourth-order valence-electron chi connectivity index (χ4n) is 4.82. The molecule has 37 heavy (non-hydrogen) atoms. The molecule has 4 aromatic rings. The Hall–Kier alpha value is -3.94. The number of pyridine rings is 1. The molecular weight excluding hydrogens is 476 g/mol. The van der Waals surface area contributed by atoms with Crippen molar-refractivity contribution >= 4 is 22.6 Å². The van der Waals surface area contributed by atoms with Gasteiger partial charge in [-0.05, 0) is 73.9 Å². The summed E-state index contributed by atoms with van der Waals surface area (Å²) in [6.07, 6.45) is 4.53. The minimum absolute atomic E-state index is 0.0535. The maximum atomic E-state index is 14.0. The average Bonchev–Trinajstić information content (AvgIpc) is 3.30. The van der Waals surface area contributed by atoms with E-state index in [2.05, 4.69) is 11.4 Å². The molecule has 192 valence electrons. The van der Waals surface area contributed by atoms with Crippen LogP contribution in [0.2, 0.25) is 0 Å². The number of fused-ring (bicyclic) bond motifs is 2. The normalized spacial score (nSPS) is 13.6. The molecule has 1 unspecified atom stereocenters. The molecule has 0 spiro atoms. The molecule has 0 saturated heterocycles. The van der Waals surface area contributed by atoms with Gasteiger partial charge in [-0.3, -0.25) is 9.78 Å². The summed E-state index contributed by atoms with van der Waals surface area (Å²) in [7, 11) is 0. The highest BCUT2D eigenvalue weighted by Gasteiger charge is 2.22. The van der Waals surface area contributed by atoms with Crippen molar-refractivity contribution in [2.45, 2.75) is 38.6 Å². The molecule has 8 heteroatoms. The number of carbonyl (C=O) groups is 1. The van der Waals surface area contributed by atoms with Crippen molar-refractivity contribution in [2.75, 3.05) is 25.1 Å². The van der Waals surface area contributed by atoms with Gasteiger partial charge in [-0.15, -0.1) is 0 Å². The minimum Gasteiger partial charge on any atom is -0.493 e. The summed E-state index contributed by atoms with van der Waals surface area (Å²) >= 11 is 0. The quantitative estimate of drug-likeness (QED) is 0.290. The Labute approximate surface area is 214 Å². The summed E-state index contributed by atoms with van der Waals surface area (Å²) in [5.41, 5.74) is 4.40. The van der Waals surface area contributed by atoms with Crippen LogP contribution in [0.15, 0.2) is 60.8 Å². The number of nitrogens with one attached hydrogen (secondary N) is 1. The molecule has 0 fully saturated rings. The van der Waals surface area contributed by atoms with Gasteiger partial charge in [0.25, 0.3) is 0 Å². The number of ether oxygens (including phenoxy) is 2. The number of hydrogen-bond acceptors (Lipinski definition) is 5. The van der Waals surface area contributed by atoms with E-state index in [1.165, 1.54) is 12.1 Å². The SMILES string of the molecule is CCOC(=O)CC(c1cc(F)cc(F)c1)n1ccc2cc(OCCc3ccc4c(n3)CCCN4)ccc21. The number of hydrogen-bond donors (Lipinski definition) is 1. The summed E-state index contributed by atoms with van der Waals surface area (Å²) in [6.45, 7) is 3.43. The Morgan fingerprint density at radius 2 is 1.95 bits per heavy atom. The first-order valence-electron chi connectivity index (χ1n) is 12.6. The second-order valence-electron chi connectivity index (χ2n) is 9.10. The van der Waals surface area contributed by atoms with Crippen LogP contribution in [0.25, 0.3) is 10.9 Å². The summed E-state index contributed by atoms with van der Waals surface area (Å²) in [5, 5.41) is 4.26. The number of carbonyl (C=O) groups excluding carboxylic acids is 1. The molecule has 1 aliphatic rings. The van der Waals surface area contributed by atoms with Gasteiger partial charge in [-0.2, -0.15) is 0 Å². The molecule has 1 aliphatic heterocycles. The molecule has 0 bridgehead atoms. The molecule has 0 saturated carbocycles. The fraction of sp³-hybridized carbons (Fsp3) is 0.310. The molecule has 0 amide bonds. The van der Waals surface area contributed by atoms with Crippen LogP contribution in [0, 0.1) is 11.6 Å². The Balaban J connectivity index is 1.33. The largest absolute Gasteiger partial charge is 0.493 e.